The second kappa shape index (κ2) is 11.4. The Bertz CT molecular complexity index is 1220. The lowest BCUT2D eigenvalue weighted by Crippen LogP contribution is -2.33. The van der Waals surface area contributed by atoms with E-state index in [4.69, 9.17) is 13.8 Å². The number of hydrogen-bond acceptors (Lipinski definition) is 8. The van der Waals surface area contributed by atoms with Crippen LogP contribution in [0.1, 0.15) is 39.2 Å². The number of anilines is 1. The number of nitrogens with zero attached hydrogens (tertiary/aromatic N) is 1. The highest BCUT2D eigenvalue weighted by Gasteiger charge is 2.42. The maximum absolute atomic E-state index is 13.5. The summed E-state index contributed by atoms with van der Waals surface area (Å²) in [4.78, 5) is 24.6. The van der Waals surface area contributed by atoms with Crippen molar-refractivity contribution in [3.05, 3.63) is 92.6 Å². The molecule has 0 aromatic heterocycles. The van der Waals surface area contributed by atoms with Crippen LogP contribution in [0.2, 0.25) is 0 Å². The minimum absolute atomic E-state index is 0.0511. The Morgan fingerprint density at radius 3 is 2.51 bits per heavy atom. The zero-order valence-corrected chi connectivity index (χ0v) is 22.3. The van der Waals surface area contributed by atoms with Crippen molar-refractivity contribution in [2.24, 2.45) is 5.41 Å². The molecule has 0 aliphatic carbocycles. The number of esters is 1. The highest BCUT2D eigenvalue weighted by Crippen LogP contribution is 2.60. The van der Waals surface area contributed by atoms with Gasteiger partial charge in [-0.1, -0.05) is 44.2 Å². The quantitative estimate of drug-likeness (QED) is 0.146. The molecular weight excluding hydrogens is 493 g/mol. The first-order valence-corrected chi connectivity index (χ1v) is 13.3. The fraction of sp³-hybridized carbons (Fsp3) is 0.370. The molecule has 2 heterocycles. The summed E-state index contributed by atoms with van der Waals surface area (Å²) in [7, 11) is -1.50. The normalized spacial score (nSPS) is 19.8. The van der Waals surface area contributed by atoms with Crippen LogP contribution >= 0.6 is 8.38 Å². The van der Waals surface area contributed by atoms with E-state index in [-0.39, 0.29) is 17.7 Å². The van der Waals surface area contributed by atoms with E-state index in [9.17, 15) is 14.9 Å². The number of nitro groups is 1. The van der Waals surface area contributed by atoms with E-state index in [1.54, 1.807) is 12.1 Å². The van der Waals surface area contributed by atoms with Crippen LogP contribution in [0, 0.1) is 15.5 Å². The molecule has 2 N–H and O–H groups in total. The van der Waals surface area contributed by atoms with Crippen LogP contribution in [-0.4, -0.2) is 37.3 Å². The fourth-order valence-corrected chi connectivity index (χ4v) is 6.40. The zero-order valence-electron chi connectivity index (χ0n) is 21.4. The summed E-state index contributed by atoms with van der Waals surface area (Å²) in [5.41, 5.74) is 3.19. The number of carbonyl (C=O) groups is 1. The van der Waals surface area contributed by atoms with Crippen molar-refractivity contribution < 1.29 is 23.5 Å². The highest BCUT2D eigenvalue weighted by molar-refractivity contribution is 7.52. The molecule has 37 heavy (non-hydrogen) atoms. The maximum atomic E-state index is 13.5. The predicted octanol–water partition coefficient (Wildman–Crippen LogP) is 5.83. The van der Waals surface area contributed by atoms with Gasteiger partial charge < -0.3 is 24.4 Å². The lowest BCUT2D eigenvalue weighted by molar-refractivity contribution is -0.384. The molecule has 196 valence electrons. The van der Waals surface area contributed by atoms with Gasteiger partial charge in [-0.2, -0.15) is 0 Å². The lowest BCUT2D eigenvalue weighted by atomic mass is 9.86. The summed E-state index contributed by atoms with van der Waals surface area (Å²) in [6, 6.07) is 16.0. The van der Waals surface area contributed by atoms with Crippen molar-refractivity contribution >= 4 is 25.7 Å². The Kier molecular flexibility index (Phi) is 8.27. The average Bonchev–Trinajstić information content (AvgIpc) is 2.87. The Hall–Kier alpha value is -3.26. The topological polar surface area (TPSA) is 112 Å². The molecule has 10 heteroatoms. The molecule has 0 bridgehead atoms. The van der Waals surface area contributed by atoms with Gasteiger partial charge in [0.2, 0.25) is 8.38 Å². The minimum atomic E-state index is -1.50. The third-order valence-corrected chi connectivity index (χ3v) is 7.85. The summed E-state index contributed by atoms with van der Waals surface area (Å²) in [5.74, 6) is -1.10. The number of para-hydroxylation sites is 1. The lowest BCUT2D eigenvalue weighted by Gasteiger charge is -2.39. The maximum Gasteiger partial charge on any atom is 0.336 e. The summed E-state index contributed by atoms with van der Waals surface area (Å²) in [6.45, 7) is 9.44. The summed E-state index contributed by atoms with van der Waals surface area (Å²) < 4.78 is 18.0. The number of benzene rings is 2. The monoisotopic (exact) mass is 525 g/mol. The van der Waals surface area contributed by atoms with Crippen molar-refractivity contribution in [2.75, 3.05) is 31.7 Å². The number of rotatable bonds is 8. The molecule has 9 nitrogen and oxygen atoms in total. The molecular formula is C27H32N3O6P. The minimum Gasteiger partial charge on any atom is -0.460 e. The number of hydrogen-bond donors (Lipinski definition) is 2. The number of nitro benzene ring substituents is 1. The average molecular weight is 526 g/mol. The molecule has 1 atom stereocenters. The highest BCUT2D eigenvalue weighted by atomic mass is 31.2. The molecule has 4 rings (SSSR count). The van der Waals surface area contributed by atoms with Crippen LogP contribution in [0.3, 0.4) is 0 Å². The van der Waals surface area contributed by atoms with Crippen molar-refractivity contribution in [2.45, 2.75) is 33.6 Å². The van der Waals surface area contributed by atoms with Crippen LogP contribution in [-0.2, 0) is 18.6 Å². The van der Waals surface area contributed by atoms with E-state index in [2.05, 4.69) is 24.5 Å². The third-order valence-electron chi connectivity index (χ3n) is 6.14. The van der Waals surface area contributed by atoms with E-state index in [1.807, 2.05) is 44.2 Å². The Morgan fingerprint density at radius 2 is 1.84 bits per heavy atom. The van der Waals surface area contributed by atoms with Crippen LogP contribution in [0.25, 0.3) is 0 Å². The van der Waals surface area contributed by atoms with Crippen molar-refractivity contribution in [1.82, 2.24) is 5.32 Å². The van der Waals surface area contributed by atoms with E-state index in [0.29, 0.717) is 36.6 Å². The molecule has 0 radical (unpaired) electrons. The number of carbonyl (C=O) groups excluding carboxylic acids is 1. The number of nitrogens with one attached hydrogen (secondary N) is 2. The molecule has 1 saturated heterocycles. The number of allylic oxidation sites excluding steroid dienone is 3. The van der Waals surface area contributed by atoms with Gasteiger partial charge in [0.15, 0.2) is 0 Å². The molecule has 0 spiro atoms. The van der Waals surface area contributed by atoms with Gasteiger partial charge in [0.1, 0.15) is 6.61 Å². The van der Waals surface area contributed by atoms with Gasteiger partial charge in [-0.15, -0.1) is 0 Å². The summed E-state index contributed by atoms with van der Waals surface area (Å²) in [6.07, 6.45) is 0. The van der Waals surface area contributed by atoms with Crippen molar-refractivity contribution in [3.63, 3.8) is 0 Å². The Morgan fingerprint density at radius 1 is 1.14 bits per heavy atom. The smallest absolute Gasteiger partial charge is 0.336 e. The van der Waals surface area contributed by atoms with Gasteiger partial charge >= 0.3 is 5.97 Å². The van der Waals surface area contributed by atoms with Gasteiger partial charge in [0.05, 0.1) is 23.7 Å². The van der Waals surface area contributed by atoms with Gasteiger partial charge in [-0.05, 0) is 31.5 Å². The van der Waals surface area contributed by atoms with E-state index in [1.165, 1.54) is 12.1 Å². The molecule has 0 saturated carbocycles. The molecule has 1 unspecified atom stereocenters. The Balaban J connectivity index is 1.62. The number of non-ortho nitro benzene ring substituents is 1. The second-order valence-electron chi connectivity index (χ2n) is 9.86. The fourth-order valence-electron chi connectivity index (χ4n) is 4.30. The standard InChI is InChI=1S/C27H32N3O6P/c1-18-23(26(31)34-14-13-28-21-10-6-5-7-11-21)24(20-9-8-12-22(15-20)30(32)33)25(19(2)29-18)37-35-16-27(3,4)17-36-37/h5-12,15,24,28-29H,13-14,16-17H2,1-4H3. The van der Waals surface area contributed by atoms with Crippen molar-refractivity contribution in [3.8, 4) is 0 Å². The molecule has 2 aromatic rings. The summed E-state index contributed by atoms with van der Waals surface area (Å²) in [5, 5.41) is 18.8. The molecule has 2 aromatic carbocycles. The Labute approximate surface area is 217 Å². The van der Waals surface area contributed by atoms with E-state index in [0.717, 1.165) is 16.7 Å². The van der Waals surface area contributed by atoms with Gasteiger partial charge in [0, 0.05) is 52.4 Å². The molecule has 0 amide bonds. The van der Waals surface area contributed by atoms with Gasteiger partial charge in [-0.3, -0.25) is 10.1 Å². The largest absolute Gasteiger partial charge is 0.460 e. The SMILES string of the molecule is CC1=C(C(=O)OCCNc2ccccc2)C(c2cccc([N+](=O)[O-])c2)C(P2OCC(C)(C)CO2)=C(C)N1. The number of dihydropyridines is 1. The van der Waals surface area contributed by atoms with Gasteiger partial charge in [-0.25, -0.2) is 4.79 Å². The predicted molar refractivity (Wildman–Crippen MR) is 143 cm³/mol. The van der Waals surface area contributed by atoms with E-state index >= 15 is 0 Å². The number of ether oxygens (including phenoxy) is 1. The van der Waals surface area contributed by atoms with Crippen LogP contribution < -0.4 is 10.6 Å². The first-order valence-electron chi connectivity index (χ1n) is 12.1. The second-order valence-corrected chi connectivity index (χ2v) is 11.4. The molecule has 1 fully saturated rings. The molecule has 2 aliphatic rings. The first kappa shape index (κ1) is 26.8. The van der Waals surface area contributed by atoms with Crippen LogP contribution in [0.5, 0.6) is 0 Å². The zero-order chi connectivity index (χ0) is 26.6. The van der Waals surface area contributed by atoms with E-state index < -0.39 is 25.2 Å². The van der Waals surface area contributed by atoms with Crippen molar-refractivity contribution in [1.29, 1.82) is 0 Å². The first-order chi connectivity index (χ1) is 17.7. The van der Waals surface area contributed by atoms with Crippen LogP contribution in [0.15, 0.2) is 76.9 Å². The molecule has 2 aliphatic heterocycles. The third kappa shape index (κ3) is 6.36. The van der Waals surface area contributed by atoms with Gasteiger partial charge in [0.25, 0.3) is 5.69 Å². The van der Waals surface area contributed by atoms with Crippen LogP contribution in [0.4, 0.5) is 11.4 Å². The summed E-state index contributed by atoms with van der Waals surface area (Å²) >= 11 is 0.